The predicted octanol–water partition coefficient (Wildman–Crippen LogP) is 3.71. The summed E-state index contributed by atoms with van der Waals surface area (Å²) >= 11 is 0. The molecule has 1 aliphatic rings. The molecule has 2 rings (SSSR count). The van der Waals surface area contributed by atoms with Gasteiger partial charge >= 0.3 is 0 Å². The molecule has 18 heavy (non-hydrogen) atoms. The standard InChI is InChI=1S/C16H19NO/c1-3-13(11-17-4-2)12-18-16-9-8-14-6-5-7-15(14)10-16/h3-4,8-11H,2,5-7,12H2,1H3/b13-3+,17-11?. The van der Waals surface area contributed by atoms with Crippen LogP contribution in [0.4, 0.5) is 0 Å². The van der Waals surface area contributed by atoms with Crippen LogP contribution in [0, 0.1) is 0 Å². The average Bonchev–Trinajstić information content (AvgIpc) is 2.86. The van der Waals surface area contributed by atoms with Gasteiger partial charge in [-0.25, -0.2) is 0 Å². The van der Waals surface area contributed by atoms with E-state index in [-0.39, 0.29) is 0 Å². The van der Waals surface area contributed by atoms with Gasteiger partial charge in [0.2, 0.25) is 0 Å². The zero-order chi connectivity index (χ0) is 12.8. The van der Waals surface area contributed by atoms with E-state index < -0.39 is 0 Å². The van der Waals surface area contributed by atoms with Crippen LogP contribution in [-0.2, 0) is 12.8 Å². The van der Waals surface area contributed by atoms with E-state index >= 15 is 0 Å². The van der Waals surface area contributed by atoms with Crippen molar-refractivity contribution in [3.63, 3.8) is 0 Å². The van der Waals surface area contributed by atoms with Gasteiger partial charge in [-0.15, -0.1) is 0 Å². The highest BCUT2D eigenvalue weighted by molar-refractivity contribution is 5.79. The first-order valence-corrected chi connectivity index (χ1v) is 6.37. The van der Waals surface area contributed by atoms with Crippen LogP contribution in [0.2, 0.25) is 0 Å². The molecule has 0 bridgehead atoms. The van der Waals surface area contributed by atoms with Crippen LogP contribution in [0.3, 0.4) is 0 Å². The van der Waals surface area contributed by atoms with Crippen LogP contribution < -0.4 is 4.74 Å². The Labute approximate surface area is 109 Å². The minimum absolute atomic E-state index is 0.548. The molecule has 0 aromatic heterocycles. The highest BCUT2D eigenvalue weighted by Crippen LogP contribution is 2.26. The van der Waals surface area contributed by atoms with Crippen molar-refractivity contribution in [2.75, 3.05) is 6.61 Å². The smallest absolute Gasteiger partial charge is 0.120 e. The third-order valence-corrected chi connectivity index (χ3v) is 3.19. The fourth-order valence-corrected chi connectivity index (χ4v) is 2.15. The van der Waals surface area contributed by atoms with Gasteiger partial charge in [-0.3, -0.25) is 4.99 Å². The predicted molar refractivity (Wildman–Crippen MR) is 76.4 cm³/mol. The van der Waals surface area contributed by atoms with Crippen LogP contribution in [-0.4, -0.2) is 12.8 Å². The molecule has 0 saturated heterocycles. The van der Waals surface area contributed by atoms with E-state index in [1.54, 1.807) is 6.21 Å². The summed E-state index contributed by atoms with van der Waals surface area (Å²) in [5, 5.41) is 0. The van der Waals surface area contributed by atoms with Crippen LogP contribution >= 0.6 is 0 Å². The highest BCUT2D eigenvalue weighted by Gasteiger charge is 2.11. The van der Waals surface area contributed by atoms with E-state index in [1.807, 2.05) is 13.0 Å². The Hall–Kier alpha value is -1.83. The molecule has 1 aromatic carbocycles. The maximum absolute atomic E-state index is 5.79. The molecule has 0 saturated carbocycles. The molecule has 1 aliphatic carbocycles. The van der Waals surface area contributed by atoms with Gasteiger partial charge in [0, 0.05) is 18.0 Å². The third-order valence-electron chi connectivity index (χ3n) is 3.19. The van der Waals surface area contributed by atoms with Crippen LogP contribution in [0.15, 0.2) is 47.6 Å². The number of nitrogens with zero attached hydrogens (tertiary/aromatic N) is 1. The van der Waals surface area contributed by atoms with E-state index in [1.165, 1.54) is 36.6 Å². The zero-order valence-electron chi connectivity index (χ0n) is 10.9. The summed E-state index contributed by atoms with van der Waals surface area (Å²) in [6, 6.07) is 6.41. The summed E-state index contributed by atoms with van der Waals surface area (Å²) in [5.41, 5.74) is 3.96. The van der Waals surface area contributed by atoms with Gasteiger partial charge in [-0.1, -0.05) is 18.7 Å². The van der Waals surface area contributed by atoms with E-state index in [0.717, 1.165) is 11.3 Å². The Balaban J connectivity index is 1.97. The van der Waals surface area contributed by atoms with E-state index in [2.05, 4.69) is 29.8 Å². The molecule has 0 atom stereocenters. The molecule has 0 radical (unpaired) electrons. The Kier molecular flexibility index (Phi) is 4.35. The number of fused-ring (bicyclic) bond motifs is 1. The number of hydrogen-bond donors (Lipinski definition) is 0. The van der Waals surface area contributed by atoms with Gasteiger partial charge < -0.3 is 4.74 Å². The molecular formula is C16H19NO. The molecule has 2 heteroatoms. The van der Waals surface area contributed by atoms with E-state index in [4.69, 9.17) is 4.74 Å². The van der Waals surface area contributed by atoms with E-state index in [9.17, 15) is 0 Å². The molecule has 1 aromatic rings. The maximum atomic E-state index is 5.79. The number of rotatable bonds is 5. The SMILES string of the molecule is C=CN=C/C(=C\C)COc1ccc2c(c1)CCC2. The largest absolute Gasteiger partial charge is 0.489 e. The van der Waals surface area contributed by atoms with E-state index in [0.29, 0.717) is 6.61 Å². The maximum Gasteiger partial charge on any atom is 0.120 e. The van der Waals surface area contributed by atoms with Gasteiger partial charge in [0.1, 0.15) is 12.4 Å². The third kappa shape index (κ3) is 3.10. The molecule has 0 fully saturated rings. The van der Waals surface area contributed by atoms with Crippen molar-refractivity contribution >= 4 is 6.21 Å². The fourth-order valence-electron chi connectivity index (χ4n) is 2.15. The Morgan fingerprint density at radius 3 is 3.00 bits per heavy atom. The molecule has 0 aliphatic heterocycles. The lowest BCUT2D eigenvalue weighted by Gasteiger charge is -2.08. The summed E-state index contributed by atoms with van der Waals surface area (Å²) in [7, 11) is 0. The lowest BCUT2D eigenvalue weighted by molar-refractivity contribution is 0.357. The van der Waals surface area contributed by atoms with Crippen molar-refractivity contribution in [2.24, 2.45) is 4.99 Å². The lowest BCUT2D eigenvalue weighted by Crippen LogP contribution is -2.02. The summed E-state index contributed by atoms with van der Waals surface area (Å²) in [6.45, 7) is 6.09. The lowest BCUT2D eigenvalue weighted by atomic mass is 10.1. The van der Waals surface area contributed by atoms with Crippen LogP contribution in [0.25, 0.3) is 0 Å². The summed E-state index contributed by atoms with van der Waals surface area (Å²) in [4.78, 5) is 4.00. The van der Waals surface area contributed by atoms with Gasteiger partial charge in [-0.2, -0.15) is 0 Å². The van der Waals surface area contributed by atoms with Crippen LogP contribution in [0.1, 0.15) is 24.5 Å². The number of aliphatic imine (C=N–C) groups is 1. The second-order valence-electron chi connectivity index (χ2n) is 4.40. The first-order valence-electron chi connectivity index (χ1n) is 6.37. The Bertz CT molecular complexity index is 486. The number of hydrogen-bond acceptors (Lipinski definition) is 2. The monoisotopic (exact) mass is 241 g/mol. The van der Waals surface area contributed by atoms with Gasteiger partial charge in [0.05, 0.1) is 0 Å². The zero-order valence-corrected chi connectivity index (χ0v) is 10.9. The fraction of sp³-hybridized carbons (Fsp3) is 0.312. The number of ether oxygens (including phenoxy) is 1. The first kappa shape index (κ1) is 12.6. The van der Waals surface area contributed by atoms with Crippen molar-refractivity contribution in [2.45, 2.75) is 26.2 Å². The van der Waals surface area contributed by atoms with Gasteiger partial charge in [0.15, 0.2) is 0 Å². The second-order valence-corrected chi connectivity index (χ2v) is 4.40. The van der Waals surface area contributed by atoms with Crippen molar-refractivity contribution < 1.29 is 4.74 Å². The normalized spacial score (nSPS) is 14.8. The topological polar surface area (TPSA) is 21.6 Å². The van der Waals surface area contributed by atoms with Crippen molar-refractivity contribution in [3.05, 3.63) is 53.8 Å². The summed E-state index contributed by atoms with van der Waals surface area (Å²) in [5.74, 6) is 0.946. The molecule has 0 heterocycles. The number of benzene rings is 1. The Morgan fingerprint density at radius 2 is 2.22 bits per heavy atom. The minimum Gasteiger partial charge on any atom is -0.489 e. The minimum atomic E-state index is 0.548. The van der Waals surface area contributed by atoms with Crippen molar-refractivity contribution in [1.29, 1.82) is 0 Å². The quantitative estimate of drug-likeness (QED) is 0.720. The molecule has 2 nitrogen and oxygen atoms in total. The number of allylic oxidation sites excluding steroid dienone is 1. The van der Waals surface area contributed by atoms with Gasteiger partial charge in [-0.05, 0) is 49.4 Å². The number of aryl methyl sites for hydroxylation is 2. The average molecular weight is 241 g/mol. The summed E-state index contributed by atoms with van der Waals surface area (Å²) in [6.07, 6.45) is 8.97. The highest BCUT2D eigenvalue weighted by atomic mass is 16.5. The molecule has 0 N–H and O–H groups in total. The van der Waals surface area contributed by atoms with Crippen molar-refractivity contribution in [3.8, 4) is 5.75 Å². The molecular weight excluding hydrogens is 222 g/mol. The summed E-state index contributed by atoms with van der Waals surface area (Å²) < 4.78 is 5.79. The van der Waals surface area contributed by atoms with Crippen LogP contribution in [0.5, 0.6) is 5.75 Å². The Morgan fingerprint density at radius 1 is 1.39 bits per heavy atom. The first-order chi connectivity index (χ1) is 8.83. The van der Waals surface area contributed by atoms with Gasteiger partial charge in [0.25, 0.3) is 0 Å². The molecule has 0 spiro atoms. The molecule has 94 valence electrons. The molecule has 0 unspecified atom stereocenters. The van der Waals surface area contributed by atoms with Crippen molar-refractivity contribution in [1.82, 2.24) is 0 Å². The second kappa shape index (κ2) is 6.20. The molecule has 0 amide bonds.